The molecule has 1 aliphatic heterocycles. The molecular weight excluding hydrogens is 636 g/mol. The van der Waals surface area contributed by atoms with Gasteiger partial charge < -0.3 is 33.5 Å². The fourth-order valence-electron chi connectivity index (χ4n) is 8.31. The lowest BCUT2D eigenvalue weighted by molar-refractivity contribution is -0.351. The third kappa shape index (κ3) is 6.23. The summed E-state index contributed by atoms with van der Waals surface area (Å²) in [6.45, 7) is 9.82. The van der Waals surface area contributed by atoms with Crippen molar-refractivity contribution in [2.24, 2.45) is 11.3 Å². The normalized spacial score (nSPS) is 34.3. The summed E-state index contributed by atoms with van der Waals surface area (Å²) in [6.07, 6.45) is -4.54. The van der Waals surface area contributed by atoms with Crippen molar-refractivity contribution in [2.75, 3.05) is 0 Å². The van der Waals surface area contributed by atoms with Gasteiger partial charge >= 0.3 is 29.8 Å². The van der Waals surface area contributed by atoms with Gasteiger partial charge in [0.1, 0.15) is 23.9 Å². The maximum Gasteiger partial charge on any atom is 0.338 e. The van der Waals surface area contributed by atoms with Crippen molar-refractivity contribution >= 4 is 35.9 Å². The summed E-state index contributed by atoms with van der Waals surface area (Å²) in [4.78, 5) is 65.5. The minimum atomic E-state index is -2.00. The maximum absolute atomic E-state index is 13.8. The molecule has 0 unspecified atom stereocenters. The standard InChI is InChI=1S/C37H42O12/c1-21(38)44-26-20-35(6,43)37-31(47-27(41)19-18-24-14-10-8-11-15-24)28(34(4,5)49-37)29(45-22(2)39)32(36(37,7)30(26)46-23(3)40)48-33(42)25-16-12-9-13-17-25/h8-19,26,28-32,43H,20H2,1-7H3/b19-18+/t26-,28-,29+,30+,31-,32+,35+,36+,37+/m1/s1. The van der Waals surface area contributed by atoms with Crippen LogP contribution in [-0.2, 0) is 47.6 Å². The number of hydrogen-bond acceptors (Lipinski definition) is 12. The first-order valence-electron chi connectivity index (χ1n) is 16.1. The van der Waals surface area contributed by atoms with E-state index in [1.807, 2.05) is 18.2 Å². The molecule has 3 aliphatic rings. The van der Waals surface area contributed by atoms with Gasteiger partial charge in [-0.3, -0.25) is 14.4 Å². The zero-order chi connectivity index (χ0) is 35.9. The van der Waals surface area contributed by atoms with E-state index in [2.05, 4.69) is 0 Å². The number of carbonyl (C=O) groups is 5. The molecule has 3 fully saturated rings. The molecule has 0 aromatic heterocycles. The first-order chi connectivity index (χ1) is 22.9. The van der Waals surface area contributed by atoms with Gasteiger partial charge in [0.15, 0.2) is 12.2 Å². The average molecular weight is 679 g/mol. The van der Waals surface area contributed by atoms with E-state index < -0.39 is 88.5 Å². The van der Waals surface area contributed by atoms with Crippen molar-refractivity contribution in [3.05, 3.63) is 77.9 Å². The highest BCUT2D eigenvalue weighted by Crippen LogP contribution is 2.69. The highest BCUT2D eigenvalue weighted by Gasteiger charge is 2.87. The van der Waals surface area contributed by atoms with Crippen molar-refractivity contribution in [3.8, 4) is 0 Å². The Morgan fingerprint density at radius 1 is 0.735 bits per heavy atom. The Labute approximate surface area is 284 Å². The van der Waals surface area contributed by atoms with E-state index >= 15 is 0 Å². The van der Waals surface area contributed by atoms with Crippen LogP contribution < -0.4 is 0 Å². The number of fused-ring (bicyclic) bond motifs is 1. The van der Waals surface area contributed by atoms with Crippen LogP contribution in [0.2, 0.25) is 0 Å². The highest BCUT2D eigenvalue weighted by atomic mass is 16.6. The minimum absolute atomic E-state index is 0.164. The number of hydrogen-bond donors (Lipinski definition) is 1. The molecule has 2 bridgehead atoms. The van der Waals surface area contributed by atoms with Crippen molar-refractivity contribution in [3.63, 3.8) is 0 Å². The van der Waals surface area contributed by atoms with Gasteiger partial charge in [-0.2, -0.15) is 0 Å². The molecule has 9 atom stereocenters. The molecule has 2 aromatic carbocycles. The zero-order valence-corrected chi connectivity index (χ0v) is 28.5. The molecular formula is C37H42O12. The Kier molecular flexibility index (Phi) is 9.52. The summed E-state index contributed by atoms with van der Waals surface area (Å²) in [5, 5.41) is 12.6. The summed E-state index contributed by atoms with van der Waals surface area (Å²) < 4.78 is 36.9. The lowest BCUT2D eigenvalue weighted by Crippen LogP contribution is -2.83. The van der Waals surface area contributed by atoms with E-state index in [0.717, 1.165) is 19.4 Å². The van der Waals surface area contributed by atoms with Crippen LogP contribution in [0.1, 0.15) is 70.8 Å². The molecule has 0 amide bonds. The number of rotatable bonds is 8. The van der Waals surface area contributed by atoms with Crippen molar-refractivity contribution in [1.82, 2.24) is 0 Å². The summed E-state index contributed by atoms with van der Waals surface area (Å²) >= 11 is 0. The number of esters is 5. The van der Waals surface area contributed by atoms with Crippen LogP contribution >= 0.6 is 0 Å². The fourth-order valence-corrected chi connectivity index (χ4v) is 8.31. The first-order valence-corrected chi connectivity index (χ1v) is 16.1. The van der Waals surface area contributed by atoms with Crippen LogP contribution in [0.5, 0.6) is 0 Å². The van der Waals surface area contributed by atoms with E-state index in [0.29, 0.717) is 0 Å². The Morgan fingerprint density at radius 2 is 1.31 bits per heavy atom. The first kappa shape index (κ1) is 35.7. The van der Waals surface area contributed by atoms with Gasteiger partial charge in [0.05, 0.1) is 28.1 Å². The summed E-state index contributed by atoms with van der Waals surface area (Å²) in [5.74, 6) is -4.90. The number of carbonyl (C=O) groups excluding carboxylic acids is 5. The third-order valence-corrected chi connectivity index (χ3v) is 9.94. The van der Waals surface area contributed by atoms with E-state index in [-0.39, 0.29) is 12.0 Å². The highest BCUT2D eigenvalue weighted by molar-refractivity contribution is 5.89. The van der Waals surface area contributed by atoms with Crippen LogP contribution in [0.15, 0.2) is 66.7 Å². The second kappa shape index (κ2) is 13.1. The Hall–Kier alpha value is -4.55. The van der Waals surface area contributed by atoms with Gasteiger partial charge in [-0.05, 0) is 51.5 Å². The fraction of sp³-hybridized carbons (Fsp3) is 0.486. The second-order valence-electron chi connectivity index (χ2n) is 13.8. The zero-order valence-electron chi connectivity index (χ0n) is 28.5. The molecule has 2 aliphatic carbocycles. The summed E-state index contributed by atoms with van der Waals surface area (Å²) in [7, 11) is 0. The topological polar surface area (TPSA) is 161 Å². The van der Waals surface area contributed by atoms with Crippen molar-refractivity contribution in [1.29, 1.82) is 0 Å². The molecule has 262 valence electrons. The van der Waals surface area contributed by atoms with Crippen LogP contribution in [0.4, 0.5) is 0 Å². The molecule has 0 radical (unpaired) electrons. The SMILES string of the molecule is CC(=O)O[C@H]1[C@@H]2[C@@H](OC(=O)/C=C/c3ccccc3)[C@@]3(OC2(C)C)[C@](C)([C@H]1OC(=O)c1ccccc1)[C@@H](OC(C)=O)[C@H](OC(C)=O)C[C@]3(C)O. The second-order valence-corrected chi connectivity index (χ2v) is 13.8. The van der Waals surface area contributed by atoms with Gasteiger partial charge in [-0.1, -0.05) is 48.5 Å². The maximum atomic E-state index is 13.8. The number of aliphatic hydroxyl groups is 1. The van der Waals surface area contributed by atoms with Gasteiger partial charge in [-0.25, -0.2) is 9.59 Å². The van der Waals surface area contributed by atoms with Crippen LogP contribution in [0.3, 0.4) is 0 Å². The van der Waals surface area contributed by atoms with E-state index in [4.69, 9.17) is 28.4 Å². The van der Waals surface area contributed by atoms with Crippen LogP contribution in [-0.4, -0.2) is 82.3 Å². The van der Waals surface area contributed by atoms with Crippen molar-refractivity contribution in [2.45, 2.75) is 102 Å². The molecule has 12 heteroatoms. The molecule has 12 nitrogen and oxygen atoms in total. The van der Waals surface area contributed by atoms with Gasteiger partial charge in [0, 0.05) is 33.3 Å². The Bertz CT molecular complexity index is 1630. The molecule has 5 rings (SSSR count). The molecule has 2 aromatic rings. The quantitative estimate of drug-likeness (QED) is 0.243. The summed E-state index contributed by atoms with van der Waals surface area (Å²) in [5.41, 5.74) is -6.33. The van der Waals surface area contributed by atoms with Gasteiger partial charge in [0.2, 0.25) is 0 Å². The lowest BCUT2D eigenvalue weighted by atomic mass is 9.46. The van der Waals surface area contributed by atoms with Crippen LogP contribution in [0.25, 0.3) is 6.08 Å². The van der Waals surface area contributed by atoms with E-state index in [9.17, 15) is 29.1 Å². The average Bonchev–Trinajstić information content (AvgIpc) is 3.23. The molecule has 1 saturated heterocycles. The van der Waals surface area contributed by atoms with E-state index in [1.54, 1.807) is 50.3 Å². The molecule has 1 spiro atoms. The molecule has 1 N–H and O–H groups in total. The largest absolute Gasteiger partial charge is 0.458 e. The minimum Gasteiger partial charge on any atom is -0.458 e. The number of benzene rings is 2. The molecule has 49 heavy (non-hydrogen) atoms. The predicted octanol–water partition coefficient (Wildman–Crippen LogP) is 3.97. The van der Waals surface area contributed by atoms with Crippen molar-refractivity contribution < 1.29 is 57.5 Å². The third-order valence-electron chi connectivity index (χ3n) is 9.94. The predicted molar refractivity (Wildman–Crippen MR) is 172 cm³/mol. The monoisotopic (exact) mass is 678 g/mol. The van der Waals surface area contributed by atoms with E-state index in [1.165, 1.54) is 39.0 Å². The van der Waals surface area contributed by atoms with Crippen LogP contribution in [0, 0.1) is 11.3 Å². The molecule has 1 heterocycles. The Balaban J connectivity index is 1.76. The Morgan fingerprint density at radius 3 is 1.88 bits per heavy atom. The molecule has 2 saturated carbocycles. The number of ether oxygens (including phenoxy) is 6. The smallest absolute Gasteiger partial charge is 0.338 e. The van der Waals surface area contributed by atoms with Gasteiger partial charge in [-0.15, -0.1) is 0 Å². The summed E-state index contributed by atoms with van der Waals surface area (Å²) in [6, 6.07) is 17.1. The van der Waals surface area contributed by atoms with Gasteiger partial charge in [0.25, 0.3) is 0 Å². The lowest BCUT2D eigenvalue weighted by Gasteiger charge is -2.65.